The van der Waals surface area contributed by atoms with Crippen molar-refractivity contribution >= 4 is 41.1 Å². The number of halogens is 2. The molecule has 0 saturated carbocycles. The van der Waals surface area contributed by atoms with Crippen molar-refractivity contribution in [2.45, 2.75) is 0 Å². The first kappa shape index (κ1) is 21.2. The minimum absolute atomic E-state index is 0.0551. The van der Waals surface area contributed by atoms with E-state index in [2.05, 4.69) is 10.5 Å². The predicted molar refractivity (Wildman–Crippen MR) is 113 cm³/mol. The van der Waals surface area contributed by atoms with Crippen LogP contribution in [0.5, 0.6) is 17.2 Å². The Hall–Kier alpha value is -3.55. The van der Waals surface area contributed by atoms with Crippen LogP contribution in [0, 0.1) is 0 Å². The maximum atomic E-state index is 12.7. The molecule has 3 rings (SSSR count). The summed E-state index contributed by atoms with van der Waals surface area (Å²) in [5.74, 6) is -2.90. The Bertz CT molecular complexity index is 1160. The fourth-order valence-electron chi connectivity index (χ4n) is 2.58. The average Bonchev–Trinajstić information content (AvgIpc) is 2.72. The first-order valence-corrected chi connectivity index (χ1v) is 9.21. The topological polar surface area (TPSA) is 119 Å². The summed E-state index contributed by atoms with van der Waals surface area (Å²) < 4.78 is 0. The van der Waals surface area contributed by atoms with Gasteiger partial charge >= 0.3 is 0 Å². The second-order valence-electron chi connectivity index (χ2n) is 6.08. The Morgan fingerprint density at radius 2 is 1.57 bits per heavy atom. The van der Waals surface area contributed by atoms with E-state index in [1.807, 2.05) is 0 Å². The molecule has 30 heavy (non-hydrogen) atoms. The maximum absolute atomic E-state index is 12.7. The third-order valence-corrected chi connectivity index (χ3v) is 4.81. The summed E-state index contributed by atoms with van der Waals surface area (Å²) in [6.45, 7) is 0. The molecule has 0 radical (unpaired) electrons. The number of phenolic OH excluding ortho intramolecular Hbond substituents is 3. The molecule has 0 bridgehead atoms. The number of rotatable bonds is 5. The summed E-state index contributed by atoms with van der Waals surface area (Å²) >= 11 is 12.5. The molecule has 0 aliphatic heterocycles. The lowest BCUT2D eigenvalue weighted by Gasteiger charge is -2.09. The average molecular weight is 445 g/mol. The second kappa shape index (κ2) is 8.86. The fraction of sp³-hybridized carbons (Fsp3) is 0. The number of hydrogen-bond acceptors (Lipinski definition) is 6. The zero-order valence-electron chi connectivity index (χ0n) is 15.1. The van der Waals surface area contributed by atoms with Gasteiger partial charge in [-0.2, -0.15) is 5.10 Å². The molecule has 9 heteroatoms. The first-order chi connectivity index (χ1) is 14.3. The van der Waals surface area contributed by atoms with Crippen molar-refractivity contribution in [1.82, 2.24) is 5.43 Å². The Kier molecular flexibility index (Phi) is 6.25. The highest BCUT2D eigenvalue weighted by atomic mass is 35.5. The number of aromatic hydroxyl groups is 3. The van der Waals surface area contributed by atoms with E-state index < -0.39 is 23.2 Å². The van der Waals surface area contributed by atoms with Gasteiger partial charge in [0.25, 0.3) is 5.91 Å². The summed E-state index contributed by atoms with van der Waals surface area (Å²) in [5.41, 5.74) is 2.68. The summed E-state index contributed by atoms with van der Waals surface area (Å²) in [5, 5.41) is 32.5. The predicted octanol–water partition coefficient (Wildman–Crippen LogP) is 4.11. The minimum Gasteiger partial charge on any atom is -0.507 e. The number of carbonyl (C=O) groups is 2. The highest BCUT2D eigenvalue weighted by Crippen LogP contribution is 2.32. The molecular formula is C21H14Cl2N2O5. The zero-order chi connectivity index (χ0) is 21.8. The number of benzene rings is 3. The van der Waals surface area contributed by atoms with E-state index in [-0.39, 0.29) is 27.0 Å². The molecule has 1 amide bonds. The second-order valence-corrected chi connectivity index (χ2v) is 6.86. The molecule has 0 aliphatic carbocycles. The molecule has 0 fully saturated rings. The highest BCUT2D eigenvalue weighted by Gasteiger charge is 2.19. The molecule has 3 aromatic carbocycles. The molecule has 4 N–H and O–H groups in total. The van der Waals surface area contributed by atoms with Gasteiger partial charge in [0.2, 0.25) is 0 Å². The van der Waals surface area contributed by atoms with Crippen LogP contribution in [0.2, 0.25) is 10.0 Å². The van der Waals surface area contributed by atoms with Crippen molar-refractivity contribution in [1.29, 1.82) is 0 Å². The van der Waals surface area contributed by atoms with Crippen LogP contribution in [-0.4, -0.2) is 33.2 Å². The quantitative estimate of drug-likeness (QED) is 0.155. The molecule has 0 aliphatic rings. The largest absolute Gasteiger partial charge is 0.507 e. The number of nitrogens with one attached hydrogen (secondary N) is 1. The Morgan fingerprint density at radius 1 is 0.900 bits per heavy atom. The van der Waals surface area contributed by atoms with E-state index >= 15 is 0 Å². The van der Waals surface area contributed by atoms with Crippen molar-refractivity contribution in [3.05, 3.63) is 86.9 Å². The van der Waals surface area contributed by atoms with Crippen molar-refractivity contribution < 1.29 is 24.9 Å². The van der Waals surface area contributed by atoms with Gasteiger partial charge in [0, 0.05) is 23.3 Å². The Morgan fingerprint density at radius 3 is 2.27 bits per heavy atom. The molecule has 0 saturated heterocycles. The standard InChI is InChI=1S/C21H14Cl2N2O5/c22-14-7-6-12(19(23)18(14)20(29)11-4-2-1-3-5-11)10-24-25-21(30)13-8-16(27)17(28)9-15(13)26/h1-10,26-28H,(H,25,30). The van der Waals surface area contributed by atoms with E-state index in [1.165, 1.54) is 18.3 Å². The van der Waals surface area contributed by atoms with Crippen LogP contribution in [-0.2, 0) is 0 Å². The van der Waals surface area contributed by atoms with Crippen molar-refractivity contribution in [2.24, 2.45) is 5.10 Å². The molecule has 0 aromatic heterocycles. The van der Waals surface area contributed by atoms with Crippen LogP contribution in [0.15, 0.2) is 59.7 Å². The number of carbonyl (C=O) groups excluding carboxylic acids is 2. The van der Waals surface area contributed by atoms with Crippen molar-refractivity contribution in [3.63, 3.8) is 0 Å². The molecule has 0 atom stereocenters. The summed E-state index contributed by atoms with van der Waals surface area (Å²) in [7, 11) is 0. The number of amides is 1. The van der Waals surface area contributed by atoms with Crippen LogP contribution >= 0.6 is 23.2 Å². The SMILES string of the molecule is O=C(NN=Cc1ccc(Cl)c(C(=O)c2ccccc2)c1Cl)c1cc(O)c(O)cc1O. The molecular weight excluding hydrogens is 431 g/mol. The van der Waals surface area contributed by atoms with Crippen molar-refractivity contribution in [3.8, 4) is 17.2 Å². The lowest BCUT2D eigenvalue weighted by molar-refractivity contribution is 0.0951. The van der Waals surface area contributed by atoms with Gasteiger partial charge < -0.3 is 15.3 Å². The third-order valence-electron chi connectivity index (χ3n) is 4.09. The van der Waals surface area contributed by atoms with Crippen LogP contribution in [0.4, 0.5) is 0 Å². The van der Waals surface area contributed by atoms with E-state index in [1.54, 1.807) is 30.3 Å². The van der Waals surface area contributed by atoms with Crippen LogP contribution < -0.4 is 5.43 Å². The number of hydrazone groups is 1. The lowest BCUT2D eigenvalue weighted by atomic mass is 10.0. The number of hydrogen-bond donors (Lipinski definition) is 4. The van der Waals surface area contributed by atoms with Crippen molar-refractivity contribution in [2.75, 3.05) is 0 Å². The van der Waals surface area contributed by atoms with Crippen LogP contribution in [0.1, 0.15) is 31.8 Å². The van der Waals surface area contributed by atoms with E-state index in [0.29, 0.717) is 11.1 Å². The number of ketones is 1. The van der Waals surface area contributed by atoms with E-state index in [4.69, 9.17) is 23.2 Å². The van der Waals surface area contributed by atoms with Gasteiger partial charge in [-0.3, -0.25) is 9.59 Å². The van der Waals surface area contributed by atoms with Crippen LogP contribution in [0.25, 0.3) is 0 Å². The van der Waals surface area contributed by atoms with E-state index in [9.17, 15) is 24.9 Å². The van der Waals surface area contributed by atoms with Gasteiger partial charge in [0.05, 0.1) is 27.4 Å². The van der Waals surface area contributed by atoms with Gasteiger partial charge in [0.1, 0.15) is 5.75 Å². The number of phenols is 3. The third kappa shape index (κ3) is 4.37. The molecule has 7 nitrogen and oxygen atoms in total. The van der Waals surface area contributed by atoms with E-state index in [0.717, 1.165) is 12.1 Å². The highest BCUT2D eigenvalue weighted by molar-refractivity contribution is 6.42. The molecule has 3 aromatic rings. The van der Waals surface area contributed by atoms with Gasteiger partial charge in [0.15, 0.2) is 17.3 Å². The fourth-order valence-corrected chi connectivity index (χ4v) is 3.17. The Labute approximate surface area is 180 Å². The summed E-state index contributed by atoms with van der Waals surface area (Å²) in [6.07, 6.45) is 1.20. The molecule has 0 heterocycles. The Balaban J connectivity index is 1.84. The minimum atomic E-state index is -0.843. The maximum Gasteiger partial charge on any atom is 0.275 e. The molecule has 0 unspecified atom stereocenters. The summed E-state index contributed by atoms with van der Waals surface area (Å²) in [4.78, 5) is 24.9. The van der Waals surface area contributed by atoms with Gasteiger partial charge in [-0.25, -0.2) is 5.43 Å². The molecule has 152 valence electrons. The van der Waals surface area contributed by atoms with Gasteiger partial charge in [-0.05, 0) is 6.07 Å². The monoisotopic (exact) mass is 444 g/mol. The van der Waals surface area contributed by atoms with Crippen LogP contribution in [0.3, 0.4) is 0 Å². The van der Waals surface area contributed by atoms with Gasteiger partial charge in [-0.15, -0.1) is 0 Å². The van der Waals surface area contributed by atoms with Gasteiger partial charge in [-0.1, -0.05) is 59.6 Å². The zero-order valence-corrected chi connectivity index (χ0v) is 16.6. The number of nitrogens with zero attached hydrogens (tertiary/aromatic N) is 1. The molecule has 0 spiro atoms. The smallest absolute Gasteiger partial charge is 0.275 e. The summed E-state index contributed by atoms with van der Waals surface area (Å²) in [6, 6.07) is 13.2. The first-order valence-electron chi connectivity index (χ1n) is 8.45. The normalized spacial score (nSPS) is 10.9. The lowest BCUT2D eigenvalue weighted by Crippen LogP contribution is -2.17.